The molecular weight excluding hydrogens is 1010 g/mol. The highest BCUT2D eigenvalue weighted by Crippen LogP contribution is 2.54. The summed E-state index contributed by atoms with van der Waals surface area (Å²) in [6, 6.07) is 42.2. The smallest absolute Gasteiger partial charge is 0.137 e. The standard InChI is InChI=1S/C78H84N4O/c1-73(2,3)54-36-39-79-71(46-54)82-67-25-18-17-24-61(67)62-34-33-60(48-70(62)82)83-59-23-21-22-58(47-59)80-49-81(69-27-20-19-26-68(69)80)72-63(51-30-28-50(29-31-51)53-40-55(74(4,5)6)43-56(41-53)75(7,8)9)44-57(76(10,11)12)45-64(72)52-32-35-65-66(42-52)78(15,16)38-37-77(65,13)14/h17-36,39-48H,37-38,49H2,1-16H3/i17D,18D,24D,25D,28D,29D,30D,31D. The van der Waals surface area contributed by atoms with Crippen molar-refractivity contribution in [2.75, 3.05) is 16.5 Å². The van der Waals surface area contributed by atoms with E-state index in [1.807, 2.05) is 65.2 Å². The van der Waals surface area contributed by atoms with Gasteiger partial charge in [-0.25, -0.2) is 4.98 Å². The molecule has 0 saturated heterocycles. The molecular formula is C78H84N4O. The van der Waals surface area contributed by atoms with E-state index < -0.39 is 5.41 Å². The lowest BCUT2D eigenvalue weighted by Crippen LogP contribution is -2.33. The monoisotopic (exact) mass is 1100 g/mol. The van der Waals surface area contributed by atoms with Crippen LogP contribution in [0.4, 0.5) is 22.7 Å². The minimum absolute atomic E-state index is 0.0321. The zero-order chi connectivity index (χ0) is 65.7. The molecule has 3 heterocycles. The first-order chi connectivity index (χ1) is 42.5. The summed E-state index contributed by atoms with van der Waals surface area (Å²) in [5.74, 6) is 1.57. The Kier molecular flexibility index (Phi) is 11.2. The first kappa shape index (κ1) is 46.6. The van der Waals surface area contributed by atoms with Gasteiger partial charge in [-0.1, -0.05) is 208 Å². The van der Waals surface area contributed by atoms with Crippen LogP contribution in [0.1, 0.15) is 168 Å². The fourth-order valence-electron chi connectivity index (χ4n) is 12.2. The molecule has 0 spiro atoms. The van der Waals surface area contributed by atoms with Gasteiger partial charge in [-0.15, -0.1) is 0 Å². The van der Waals surface area contributed by atoms with E-state index in [-0.39, 0.29) is 86.5 Å². The molecule has 0 saturated carbocycles. The molecule has 0 amide bonds. The second-order valence-electron chi connectivity index (χ2n) is 28.7. The molecule has 1 aliphatic heterocycles. The molecule has 1 aliphatic carbocycles. The van der Waals surface area contributed by atoms with Crippen molar-refractivity contribution in [3.63, 3.8) is 0 Å². The molecule has 12 rings (SSSR count). The van der Waals surface area contributed by atoms with Crippen LogP contribution in [0.25, 0.3) is 61.0 Å². The highest BCUT2D eigenvalue weighted by molar-refractivity contribution is 6.09. The van der Waals surface area contributed by atoms with Gasteiger partial charge in [-0.2, -0.15) is 0 Å². The fourth-order valence-corrected chi connectivity index (χ4v) is 12.2. The van der Waals surface area contributed by atoms with E-state index in [0.29, 0.717) is 56.9 Å². The molecule has 83 heavy (non-hydrogen) atoms. The van der Waals surface area contributed by atoms with Gasteiger partial charge in [0.05, 0.1) is 39.1 Å². The molecule has 2 aliphatic rings. The van der Waals surface area contributed by atoms with Crippen LogP contribution in [-0.2, 0) is 32.5 Å². The number of nitrogens with zero attached hydrogens (tertiary/aromatic N) is 4. The molecule has 2 aromatic heterocycles. The largest absolute Gasteiger partial charge is 0.457 e. The second kappa shape index (κ2) is 19.9. The van der Waals surface area contributed by atoms with Gasteiger partial charge in [0, 0.05) is 45.9 Å². The van der Waals surface area contributed by atoms with Gasteiger partial charge in [-0.05, 0) is 168 Å². The lowest BCUT2D eigenvalue weighted by Gasteiger charge is -2.42. The Hall–Kier alpha value is -7.89. The third-order valence-corrected chi connectivity index (χ3v) is 17.6. The summed E-state index contributed by atoms with van der Waals surface area (Å²) in [6.07, 6.45) is 3.84. The van der Waals surface area contributed by atoms with Gasteiger partial charge in [0.15, 0.2) is 0 Å². The van der Waals surface area contributed by atoms with Crippen LogP contribution in [0, 0.1) is 0 Å². The number of fused-ring (bicyclic) bond motifs is 5. The van der Waals surface area contributed by atoms with Gasteiger partial charge >= 0.3 is 0 Å². The number of benzene rings is 8. The van der Waals surface area contributed by atoms with Crippen molar-refractivity contribution in [1.82, 2.24) is 9.55 Å². The molecule has 10 aromatic rings. The van der Waals surface area contributed by atoms with Crippen molar-refractivity contribution < 1.29 is 15.7 Å². The average molecular weight is 1100 g/mol. The number of hydrogen-bond acceptors (Lipinski definition) is 4. The average Bonchev–Trinajstić information content (AvgIpc) is 1.72. The SMILES string of the molecule is [2H]c1c([2H])c(-c2cc(C(C)(C)C)cc(-c3ccc4c(c3)C(C)(C)CCC4(C)C)c2N2CN(c3cccc(Oc4ccc5c6c([2H])c([2H])c([2H])c([2H])c6n(-c6cc(C(C)(C)C)ccn6)c5c4)c3)c3ccccc32)c([2H])c([2H])c1-c1cc(C(C)(C)C)cc(C(C)(C)C)c1. The summed E-state index contributed by atoms with van der Waals surface area (Å²) >= 11 is 0. The van der Waals surface area contributed by atoms with Crippen molar-refractivity contribution in [3.8, 4) is 50.7 Å². The second-order valence-corrected chi connectivity index (χ2v) is 28.7. The minimum atomic E-state index is -0.400. The molecule has 0 bridgehead atoms. The summed E-state index contributed by atoms with van der Waals surface area (Å²) in [5, 5.41) is 1.04. The summed E-state index contributed by atoms with van der Waals surface area (Å²) in [5.41, 5.74) is 13.6. The maximum atomic E-state index is 10.3. The van der Waals surface area contributed by atoms with Crippen LogP contribution < -0.4 is 14.5 Å². The van der Waals surface area contributed by atoms with Crippen LogP contribution in [0.5, 0.6) is 11.5 Å². The van der Waals surface area contributed by atoms with Crippen LogP contribution in [-0.4, -0.2) is 16.2 Å². The molecule has 0 atom stereocenters. The number of aromatic nitrogens is 2. The maximum Gasteiger partial charge on any atom is 0.137 e. The topological polar surface area (TPSA) is 33.5 Å². The van der Waals surface area contributed by atoms with E-state index in [2.05, 4.69) is 187 Å². The van der Waals surface area contributed by atoms with Crippen LogP contribution >= 0.6 is 0 Å². The molecule has 422 valence electrons. The van der Waals surface area contributed by atoms with Crippen molar-refractivity contribution in [1.29, 1.82) is 0 Å². The van der Waals surface area contributed by atoms with E-state index in [0.717, 1.165) is 69.0 Å². The molecule has 8 aromatic carbocycles. The zero-order valence-electron chi connectivity index (χ0n) is 59.5. The number of anilines is 4. The molecule has 5 heteroatoms. The Bertz CT molecular complexity index is 4580. The minimum Gasteiger partial charge on any atom is -0.457 e. The zero-order valence-corrected chi connectivity index (χ0v) is 51.5. The molecule has 0 fully saturated rings. The van der Waals surface area contributed by atoms with Gasteiger partial charge in [0.25, 0.3) is 0 Å². The van der Waals surface area contributed by atoms with E-state index in [1.54, 1.807) is 6.20 Å². The Labute approximate surface area is 506 Å². The number of rotatable bonds is 8. The van der Waals surface area contributed by atoms with Crippen molar-refractivity contribution >= 4 is 44.6 Å². The summed E-state index contributed by atoms with van der Waals surface area (Å²) in [7, 11) is 0. The number of hydrogen-bond donors (Lipinski definition) is 0. The van der Waals surface area contributed by atoms with E-state index in [9.17, 15) is 6.85 Å². The number of pyridine rings is 1. The van der Waals surface area contributed by atoms with Gasteiger partial charge < -0.3 is 14.5 Å². The quantitative estimate of drug-likeness (QED) is 0.152. The predicted molar refractivity (Wildman–Crippen MR) is 354 cm³/mol. The van der Waals surface area contributed by atoms with E-state index in [1.165, 1.54) is 11.1 Å². The Morgan fingerprint density at radius 2 is 1.05 bits per heavy atom. The van der Waals surface area contributed by atoms with Gasteiger partial charge in [-0.3, -0.25) is 4.57 Å². The Morgan fingerprint density at radius 3 is 1.71 bits per heavy atom. The highest BCUT2D eigenvalue weighted by atomic mass is 16.5. The van der Waals surface area contributed by atoms with Crippen molar-refractivity contribution in [2.24, 2.45) is 0 Å². The summed E-state index contributed by atoms with van der Waals surface area (Å²) in [6.45, 7) is 35.6. The lowest BCUT2D eigenvalue weighted by atomic mass is 9.63. The number of para-hydroxylation sites is 3. The van der Waals surface area contributed by atoms with Crippen molar-refractivity contribution in [2.45, 2.75) is 156 Å². The fraction of sp³-hybridized carbons (Fsp3) is 0.321. The summed E-state index contributed by atoms with van der Waals surface area (Å²) in [4.78, 5) is 9.33. The van der Waals surface area contributed by atoms with E-state index >= 15 is 0 Å². The summed E-state index contributed by atoms with van der Waals surface area (Å²) < 4.78 is 85.0. The highest BCUT2D eigenvalue weighted by Gasteiger charge is 2.39. The molecule has 0 unspecified atom stereocenters. The third-order valence-electron chi connectivity index (χ3n) is 17.6. The third kappa shape index (κ3) is 10.3. The predicted octanol–water partition coefficient (Wildman–Crippen LogP) is 21.8. The first-order valence-electron chi connectivity index (χ1n) is 33.5. The van der Waals surface area contributed by atoms with Crippen LogP contribution in [0.15, 0.2) is 182 Å². The molecule has 0 N–H and O–H groups in total. The van der Waals surface area contributed by atoms with Crippen LogP contribution in [0.3, 0.4) is 0 Å². The van der Waals surface area contributed by atoms with Gasteiger partial charge in [0.2, 0.25) is 0 Å². The van der Waals surface area contributed by atoms with Gasteiger partial charge in [0.1, 0.15) is 24.0 Å². The molecule has 5 nitrogen and oxygen atoms in total. The normalized spacial score (nSPS) is 16.6. The van der Waals surface area contributed by atoms with Crippen LogP contribution in [0.2, 0.25) is 0 Å². The number of ether oxygens (including phenoxy) is 1. The Morgan fingerprint density at radius 1 is 0.458 bits per heavy atom. The Balaban J connectivity index is 1.04. The first-order valence-corrected chi connectivity index (χ1v) is 29.5. The lowest BCUT2D eigenvalue weighted by molar-refractivity contribution is 0.332. The maximum absolute atomic E-state index is 10.3. The van der Waals surface area contributed by atoms with Crippen molar-refractivity contribution in [3.05, 3.63) is 215 Å². The molecule has 0 radical (unpaired) electrons. The van der Waals surface area contributed by atoms with E-state index in [4.69, 9.17) is 13.8 Å².